The molecule has 1 rings (SSSR count). The molecule has 1 atom stereocenters. The van der Waals surface area contributed by atoms with Crippen LogP contribution in [-0.4, -0.2) is 46.7 Å². The molecule has 98 valence electrons. The average molecular weight is 243 g/mol. The Morgan fingerprint density at radius 2 is 2.12 bits per heavy atom. The smallest absolute Gasteiger partial charge is 0.326 e. The third-order valence-corrected chi connectivity index (χ3v) is 2.49. The van der Waals surface area contributed by atoms with E-state index in [9.17, 15) is 14.7 Å². The van der Waals surface area contributed by atoms with Crippen LogP contribution >= 0.6 is 0 Å². The molecule has 0 saturated carbocycles. The highest BCUT2D eigenvalue weighted by Gasteiger charge is 2.28. The van der Waals surface area contributed by atoms with Crippen LogP contribution in [0.4, 0.5) is 0 Å². The van der Waals surface area contributed by atoms with Gasteiger partial charge in [0.2, 0.25) is 0 Å². The van der Waals surface area contributed by atoms with E-state index in [4.69, 9.17) is 4.74 Å². The molecule has 5 nitrogen and oxygen atoms in total. The summed E-state index contributed by atoms with van der Waals surface area (Å²) in [6, 6.07) is 0. The highest BCUT2D eigenvalue weighted by atomic mass is 16.6. The number of amides is 1. The van der Waals surface area contributed by atoms with Crippen molar-refractivity contribution in [3.8, 4) is 0 Å². The van der Waals surface area contributed by atoms with Gasteiger partial charge >= 0.3 is 5.97 Å². The van der Waals surface area contributed by atoms with Gasteiger partial charge < -0.3 is 14.7 Å². The number of hydrogen-bond donors (Lipinski definition) is 1. The zero-order chi connectivity index (χ0) is 13.1. The van der Waals surface area contributed by atoms with Crippen LogP contribution < -0.4 is 0 Å². The van der Waals surface area contributed by atoms with E-state index in [1.807, 2.05) is 0 Å². The SMILES string of the molecule is CC(C)(C)OC(=O)CN1CCCC[C@H](O)C1=O. The first-order valence-electron chi connectivity index (χ1n) is 5.98. The van der Waals surface area contributed by atoms with Gasteiger partial charge in [0.05, 0.1) is 0 Å². The molecule has 0 spiro atoms. The Kier molecular flexibility index (Phi) is 4.51. The molecule has 0 aromatic rings. The number of aliphatic hydroxyl groups excluding tert-OH is 1. The summed E-state index contributed by atoms with van der Waals surface area (Å²) in [5.74, 6) is -0.798. The van der Waals surface area contributed by atoms with Gasteiger partial charge in [-0.25, -0.2) is 0 Å². The maximum Gasteiger partial charge on any atom is 0.326 e. The topological polar surface area (TPSA) is 66.8 Å². The minimum absolute atomic E-state index is 0.0762. The maximum atomic E-state index is 11.7. The second-order valence-corrected chi connectivity index (χ2v) is 5.36. The minimum Gasteiger partial charge on any atom is -0.459 e. The molecule has 1 amide bonds. The van der Waals surface area contributed by atoms with Crippen molar-refractivity contribution in [2.75, 3.05) is 13.1 Å². The third-order valence-electron chi connectivity index (χ3n) is 2.49. The summed E-state index contributed by atoms with van der Waals surface area (Å²) in [5.41, 5.74) is -0.551. The molecule has 0 radical (unpaired) electrons. The van der Waals surface area contributed by atoms with Crippen molar-refractivity contribution in [1.82, 2.24) is 4.90 Å². The van der Waals surface area contributed by atoms with E-state index in [1.54, 1.807) is 20.8 Å². The van der Waals surface area contributed by atoms with E-state index in [0.29, 0.717) is 13.0 Å². The molecule has 17 heavy (non-hydrogen) atoms. The second-order valence-electron chi connectivity index (χ2n) is 5.36. The molecule has 1 heterocycles. The molecule has 1 aliphatic rings. The van der Waals surface area contributed by atoms with Crippen molar-refractivity contribution in [3.05, 3.63) is 0 Å². The van der Waals surface area contributed by atoms with E-state index < -0.39 is 17.7 Å². The van der Waals surface area contributed by atoms with E-state index in [-0.39, 0.29) is 12.5 Å². The Morgan fingerprint density at radius 1 is 1.47 bits per heavy atom. The van der Waals surface area contributed by atoms with Crippen molar-refractivity contribution in [2.24, 2.45) is 0 Å². The fourth-order valence-electron chi connectivity index (χ4n) is 1.77. The van der Waals surface area contributed by atoms with Gasteiger partial charge in [-0.1, -0.05) is 0 Å². The van der Waals surface area contributed by atoms with Crippen LogP contribution in [0.1, 0.15) is 40.0 Å². The minimum atomic E-state index is -0.972. The van der Waals surface area contributed by atoms with Crippen molar-refractivity contribution >= 4 is 11.9 Å². The van der Waals surface area contributed by atoms with Gasteiger partial charge in [0.1, 0.15) is 18.2 Å². The lowest BCUT2D eigenvalue weighted by Gasteiger charge is -2.24. The molecule has 0 bridgehead atoms. The van der Waals surface area contributed by atoms with E-state index in [1.165, 1.54) is 4.90 Å². The van der Waals surface area contributed by atoms with Gasteiger partial charge in [-0.05, 0) is 40.0 Å². The van der Waals surface area contributed by atoms with Crippen LogP contribution in [-0.2, 0) is 14.3 Å². The molecule has 5 heteroatoms. The number of esters is 1. The average Bonchev–Trinajstić information content (AvgIpc) is 2.30. The molecule has 0 aliphatic carbocycles. The second kappa shape index (κ2) is 5.49. The first-order valence-corrected chi connectivity index (χ1v) is 5.98. The van der Waals surface area contributed by atoms with Crippen molar-refractivity contribution < 1.29 is 19.4 Å². The predicted molar refractivity (Wildman–Crippen MR) is 62.3 cm³/mol. The summed E-state index contributed by atoms with van der Waals surface area (Å²) in [5, 5.41) is 9.53. The zero-order valence-corrected chi connectivity index (χ0v) is 10.7. The lowest BCUT2D eigenvalue weighted by atomic mass is 10.2. The van der Waals surface area contributed by atoms with Crippen LogP contribution in [0.3, 0.4) is 0 Å². The van der Waals surface area contributed by atoms with E-state index in [2.05, 4.69) is 0 Å². The normalized spacial score (nSPS) is 22.2. The fourth-order valence-corrected chi connectivity index (χ4v) is 1.77. The summed E-state index contributed by atoms with van der Waals surface area (Å²) in [7, 11) is 0. The summed E-state index contributed by atoms with van der Waals surface area (Å²) < 4.78 is 5.15. The van der Waals surface area contributed by atoms with Crippen LogP contribution in [0.5, 0.6) is 0 Å². The van der Waals surface area contributed by atoms with Crippen molar-refractivity contribution in [3.63, 3.8) is 0 Å². The first kappa shape index (κ1) is 14.0. The number of carbonyl (C=O) groups excluding carboxylic acids is 2. The van der Waals surface area contributed by atoms with Gasteiger partial charge in [-0.3, -0.25) is 9.59 Å². The number of hydrogen-bond acceptors (Lipinski definition) is 4. The Labute approximate surface area is 102 Å². The lowest BCUT2D eigenvalue weighted by Crippen LogP contribution is -2.42. The van der Waals surface area contributed by atoms with E-state index in [0.717, 1.165) is 12.8 Å². The fraction of sp³-hybridized carbons (Fsp3) is 0.833. The summed E-state index contributed by atoms with van der Waals surface area (Å²) in [6.07, 6.45) is 1.12. The summed E-state index contributed by atoms with van der Waals surface area (Å²) >= 11 is 0. The third kappa shape index (κ3) is 4.73. The van der Waals surface area contributed by atoms with Gasteiger partial charge in [0.15, 0.2) is 0 Å². The number of rotatable bonds is 2. The highest BCUT2D eigenvalue weighted by molar-refractivity contribution is 5.85. The molecule has 1 fully saturated rings. The molecule has 0 aromatic heterocycles. The van der Waals surface area contributed by atoms with E-state index >= 15 is 0 Å². The molecule has 0 unspecified atom stereocenters. The van der Waals surface area contributed by atoms with Crippen molar-refractivity contribution in [1.29, 1.82) is 0 Å². The standard InChI is InChI=1S/C12H21NO4/c1-12(2,3)17-10(15)8-13-7-5-4-6-9(14)11(13)16/h9,14H,4-8H2,1-3H3/t9-/m0/s1. The Morgan fingerprint density at radius 3 is 2.71 bits per heavy atom. The Balaban J connectivity index is 2.54. The number of ether oxygens (including phenoxy) is 1. The maximum absolute atomic E-state index is 11.7. The summed E-state index contributed by atoms with van der Waals surface area (Å²) in [6.45, 7) is 5.78. The zero-order valence-electron chi connectivity index (χ0n) is 10.7. The highest BCUT2D eigenvalue weighted by Crippen LogP contribution is 2.13. The molecular weight excluding hydrogens is 222 g/mol. The van der Waals surface area contributed by atoms with Crippen LogP contribution in [0.15, 0.2) is 0 Å². The Bertz CT molecular complexity index is 295. The van der Waals surface area contributed by atoms with Gasteiger partial charge in [-0.2, -0.15) is 0 Å². The van der Waals surface area contributed by atoms with Gasteiger partial charge in [-0.15, -0.1) is 0 Å². The monoisotopic (exact) mass is 243 g/mol. The predicted octanol–water partition coefficient (Wildman–Crippen LogP) is 0.702. The first-order chi connectivity index (χ1) is 7.79. The molecule has 1 N–H and O–H groups in total. The largest absolute Gasteiger partial charge is 0.459 e. The quantitative estimate of drug-likeness (QED) is 0.725. The van der Waals surface area contributed by atoms with Crippen LogP contribution in [0, 0.1) is 0 Å². The molecule has 1 saturated heterocycles. The number of carbonyl (C=O) groups is 2. The van der Waals surface area contributed by atoms with Gasteiger partial charge in [0.25, 0.3) is 5.91 Å². The molecule has 1 aliphatic heterocycles. The van der Waals surface area contributed by atoms with Crippen molar-refractivity contribution in [2.45, 2.75) is 51.7 Å². The summed E-state index contributed by atoms with van der Waals surface area (Å²) in [4.78, 5) is 24.7. The van der Waals surface area contributed by atoms with Crippen LogP contribution in [0.2, 0.25) is 0 Å². The number of aliphatic hydroxyl groups is 1. The number of likely N-dealkylation sites (tertiary alicyclic amines) is 1. The number of nitrogens with zero attached hydrogens (tertiary/aromatic N) is 1. The van der Waals surface area contributed by atoms with Crippen LogP contribution in [0.25, 0.3) is 0 Å². The molecule has 0 aromatic carbocycles. The Hall–Kier alpha value is -1.10. The lowest BCUT2D eigenvalue weighted by molar-refractivity contribution is -0.160. The molecular formula is C12H21NO4. The van der Waals surface area contributed by atoms with Gasteiger partial charge in [0, 0.05) is 6.54 Å².